The molecular formula is C22H19N3O4. The zero-order valence-corrected chi connectivity index (χ0v) is 15.6. The molecule has 0 saturated carbocycles. The Bertz CT molecular complexity index is 1010. The van der Waals surface area contributed by atoms with Crippen LogP contribution in [0.3, 0.4) is 0 Å². The van der Waals surface area contributed by atoms with Crippen LogP contribution < -0.4 is 5.43 Å². The summed E-state index contributed by atoms with van der Waals surface area (Å²) in [5, 5.41) is 26.3. The molecule has 0 bridgehead atoms. The number of hydrogen-bond donors (Lipinski definition) is 2. The molecule has 1 amide bonds. The molecule has 7 nitrogen and oxygen atoms in total. The molecule has 7 heteroatoms. The lowest BCUT2D eigenvalue weighted by Crippen LogP contribution is -2.43. The second kappa shape index (κ2) is 8.45. The molecular weight excluding hydrogens is 370 g/mol. The van der Waals surface area contributed by atoms with E-state index in [9.17, 15) is 20.0 Å². The molecule has 0 radical (unpaired) electrons. The first kappa shape index (κ1) is 19.9. The number of nitro groups is 1. The van der Waals surface area contributed by atoms with Crippen molar-refractivity contribution >= 4 is 17.3 Å². The van der Waals surface area contributed by atoms with E-state index in [1.165, 1.54) is 12.1 Å². The van der Waals surface area contributed by atoms with Crippen LogP contribution in [0, 0.1) is 10.1 Å². The number of rotatable bonds is 6. The minimum Gasteiger partial charge on any atom is -0.372 e. The van der Waals surface area contributed by atoms with Crippen LogP contribution in [-0.2, 0) is 10.4 Å². The van der Waals surface area contributed by atoms with Crippen LogP contribution in [0.25, 0.3) is 0 Å². The van der Waals surface area contributed by atoms with E-state index in [0.29, 0.717) is 22.4 Å². The molecule has 0 aliphatic carbocycles. The van der Waals surface area contributed by atoms with Gasteiger partial charge in [0, 0.05) is 17.7 Å². The van der Waals surface area contributed by atoms with Crippen LogP contribution >= 0.6 is 0 Å². The number of nitrogens with zero attached hydrogens (tertiary/aromatic N) is 2. The van der Waals surface area contributed by atoms with E-state index in [0.717, 1.165) is 0 Å². The SMILES string of the molecule is C/C(=N/NC(=O)C(O)(c1ccccc1)c1ccccc1)c1cccc([N+](=O)[O-])c1. The maximum absolute atomic E-state index is 13.0. The van der Waals surface area contributed by atoms with Gasteiger partial charge in [-0.05, 0) is 18.1 Å². The quantitative estimate of drug-likeness (QED) is 0.383. The molecule has 0 spiro atoms. The molecule has 3 aromatic rings. The van der Waals surface area contributed by atoms with Crippen LogP contribution in [0.1, 0.15) is 23.6 Å². The van der Waals surface area contributed by atoms with Gasteiger partial charge in [-0.25, -0.2) is 5.43 Å². The molecule has 3 rings (SSSR count). The Balaban J connectivity index is 1.93. The van der Waals surface area contributed by atoms with Crippen molar-refractivity contribution in [2.24, 2.45) is 5.10 Å². The minimum atomic E-state index is -1.95. The summed E-state index contributed by atoms with van der Waals surface area (Å²) in [6.45, 7) is 1.61. The Morgan fingerprint density at radius 3 is 2.03 bits per heavy atom. The van der Waals surface area contributed by atoms with Crippen LogP contribution in [0.5, 0.6) is 0 Å². The van der Waals surface area contributed by atoms with Crippen molar-refractivity contribution in [1.82, 2.24) is 5.43 Å². The van der Waals surface area contributed by atoms with Gasteiger partial charge < -0.3 is 5.11 Å². The second-order valence-electron chi connectivity index (χ2n) is 6.39. The number of non-ortho nitro benzene ring substituents is 1. The van der Waals surface area contributed by atoms with Gasteiger partial charge in [0.05, 0.1) is 10.6 Å². The largest absolute Gasteiger partial charge is 0.372 e. The third-order valence-corrected chi connectivity index (χ3v) is 4.51. The van der Waals surface area contributed by atoms with Crippen LogP contribution in [0.2, 0.25) is 0 Å². The van der Waals surface area contributed by atoms with E-state index in [1.807, 2.05) is 0 Å². The predicted octanol–water partition coefficient (Wildman–Crippen LogP) is 3.37. The van der Waals surface area contributed by atoms with E-state index in [4.69, 9.17) is 0 Å². The molecule has 0 atom stereocenters. The highest BCUT2D eigenvalue weighted by atomic mass is 16.6. The van der Waals surface area contributed by atoms with Crippen molar-refractivity contribution < 1.29 is 14.8 Å². The minimum absolute atomic E-state index is 0.0755. The molecule has 146 valence electrons. The zero-order chi connectivity index (χ0) is 20.9. The van der Waals surface area contributed by atoms with Gasteiger partial charge in [-0.2, -0.15) is 5.10 Å². The van der Waals surface area contributed by atoms with Crippen molar-refractivity contribution in [2.45, 2.75) is 12.5 Å². The monoisotopic (exact) mass is 389 g/mol. The van der Waals surface area contributed by atoms with Gasteiger partial charge >= 0.3 is 0 Å². The number of carbonyl (C=O) groups is 1. The first-order chi connectivity index (χ1) is 13.9. The number of hydrazone groups is 1. The number of nitrogens with one attached hydrogen (secondary N) is 1. The summed E-state index contributed by atoms with van der Waals surface area (Å²) in [7, 11) is 0. The maximum Gasteiger partial charge on any atom is 0.281 e. The van der Waals surface area contributed by atoms with Crippen molar-refractivity contribution in [3.63, 3.8) is 0 Å². The molecule has 0 aliphatic rings. The van der Waals surface area contributed by atoms with Gasteiger partial charge in [-0.15, -0.1) is 0 Å². The lowest BCUT2D eigenvalue weighted by molar-refractivity contribution is -0.384. The number of benzene rings is 3. The van der Waals surface area contributed by atoms with Gasteiger partial charge in [-0.1, -0.05) is 72.8 Å². The fourth-order valence-electron chi connectivity index (χ4n) is 2.91. The fourth-order valence-corrected chi connectivity index (χ4v) is 2.91. The van der Waals surface area contributed by atoms with Gasteiger partial charge in [0.15, 0.2) is 5.60 Å². The van der Waals surface area contributed by atoms with Crippen molar-refractivity contribution in [1.29, 1.82) is 0 Å². The molecule has 0 aliphatic heterocycles. The summed E-state index contributed by atoms with van der Waals surface area (Å²) in [4.78, 5) is 23.4. The zero-order valence-electron chi connectivity index (χ0n) is 15.6. The molecule has 0 saturated heterocycles. The molecule has 0 unspecified atom stereocenters. The highest BCUT2D eigenvalue weighted by Gasteiger charge is 2.39. The fraction of sp³-hybridized carbons (Fsp3) is 0.0909. The molecule has 2 N–H and O–H groups in total. The van der Waals surface area contributed by atoms with E-state index in [-0.39, 0.29) is 5.69 Å². The highest BCUT2D eigenvalue weighted by Crippen LogP contribution is 2.29. The summed E-state index contributed by atoms with van der Waals surface area (Å²) in [5.74, 6) is -0.736. The average Bonchev–Trinajstić information content (AvgIpc) is 2.77. The van der Waals surface area contributed by atoms with E-state index >= 15 is 0 Å². The topological polar surface area (TPSA) is 105 Å². The van der Waals surface area contributed by atoms with Gasteiger partial charge in [-0.3, -0.25) is 14.9 Å². The first-order valence-corrected chi connectivity index (χ1v) is 8.86. The van der Waals surface area contributed by atoms with Crippen molar-refractivity contribution in [2.75, 3.05) is 0 Å². The highest BCUT2D eigenvalue weighted by molar-refractivity contribution is 6.00. The number of hydrogen-bond acceptors (Lipinski definition) is 5. The first-order valence-electron chi connectivity index (χ1n) is 8.86. The lowest BCUT2D eigenvalue weighted by atomic mass is 9.85. The van der Waals surface area contributed by atoms with E-state index < -0.39 is 16.4 Å². The predicted molar refractivity (Wildman–Crippen MR) is 109 cm³/mol. The molecule has 3 aromatic carbocycles. The normalized spacial score (nSPS) is 11.7. The molecule has 0 heterocycles. The second-order valence-corrected chi connectivity index (χ2v) is 6.39. The molecule has 29 heavy (non-hydrogen) atoms. The summed E-state index contributed by atoms with van der Waals surface area (Å²) < 4.78 is 0. The van der Waals surface area contributed by atoms with Crippen molar-refractivity contribution in [3.8, 4) is 0 Å². The smallest absolute Gasteiger partial charge is 0.281 e. The van der Waals surface area contributed by atoms with Gasteiger partial charge in [0.1, 0.15) is 0 Å². The van der Waals surface area contributed by atoms with Gasteiger partial charge in [0.25, 0.3) is 11.6 Å². The van der Waals surface area contributed by atoms with Gasteiger partial charge in [0.2, 0.25) is 0 Å². The lowest BCUT2D eigenvalue weighted by Gasteiger charge is -2.27. The van der Waals surface area contributed by atoms with Crippen molar-refractivity contribution in [3.05, 3.63) is 112 Å². The number of nitro benzene ring substituents is 1. The maximum atomic E-state index is 13.0. The summed E-state index contributed by atoms with van der Waals surface area (Å²) in [5.41, 5.74) is 2.02. The Labute approximate surface area is 167 Å². The molecule has 0 aromatic heterocycles. The number of amides is 1. The van der Waals surface area contributed by atoms with Crippen LogP contribution in [0.4, 0.5) is 5.69 Å². The third-order valence-electron chi connectivity index (χ3n) is 4.51. The number of aliphatic hydroxyl groups is 1. The summed E-state index contributed by atoms with van der Waals surface area (Å²) in [6, 6.07) is 23.1. The number of carbonyl (C=O) groups excluding carboxylic acids is 1. The van der Waals surface area contributed by atoms with E-state index in [1.54, 1.807) is 79.7 Å². The summed E-state index contributed by atoms with van der Waals surface area (Å²) >= 11 is 0. The van der Waals surface area contributed by atoms with Crippen LogP contribution in [0.15, 0.2) is 90.0 Å². The third kappa shape index (κ3) is 4.20. The Hall–Kier alpha value is -3.84. The van der Waals surface area contributed by atoms with Crippen LogP contribution in [-0.4, -0.2) is 21.6 Å². The van der Waals surface area contributed by atoms with E-state index in [2.05, 4.69) is 10.5 Å². The standard InChI is InChI=1S/C22H19N3O4/c1-16(17-9-8-14-20(15-17)25(28)29)23-24-21(26)22(27,18-10-4-2-5-11-18)19-12-6-3-7-13-19/h2-15,27H,1H3,(H,24,26)/b23-16-. The average molecular weight is 389 g/mol. The Morgan fingerprint density at radius 1 is 0.966 bits per heavy atom. The Morgan fingerprint density at radius 2 is 1.52 bits per heavy atom. The molecule has 0 fully saturated rings. The summed E-state index contributed by atoms with van der Waals surface area (Å²) in [6.07, 6.45) is 0. The Kier molecular flexibility index (Phi) is 5.80.